The van der Waals surface area contributed by atoms with E-state index in [1.54, 1.807) is 30.3 Å². The zero-order chi connectivity index (χ0) is 19.8. The van der Waals surface area contributed by atoms with Gasteiger partial charge in [-0.15, -0.1) is 0 Å². The minimum absolute atomic E-state index is 0.0303. The maximum Gasteiger partial charge on any atom is 0.209 e. The summed E-state index contributed by atoms with van der Waals surface area (Å²) in [5.41, 5.74) is 6.54. The van der Waals surface area contributed by atoms with E-state index in [1.165, 1.54) is 12.1 Å². The van der Waals surface area contributed by atoms with Crippen LogP contribution < -0.4 is 11.1 Å². The fourth-order valence-corrected chi connectivity index (χ4v) is 4.39. The van der Waals surface area contributed by atoms with Crippen molar-refractivity contribution in [3.8, 4) is 0 Å². The van der Waals surface area contributed by atoms with Crippen molar-refractivity contribution in [2.75, 3.05) is 17.3 Å². The zero-order valence-corrected chi connectivity index (χ0v) is 17.0. The first-order valence-corrected chi connectivity index (χ1v) is 11.0. The summed E-state index contributed by atoms with van der Waals surface area (Å²) >= 11 is 13.2. The number of hydrogen-bond donors (Lipinski definition) is 2. The van der Waals surface area contributed by atoms with Gasteiger partial charge in [0.1, 0.15) is 10.7 Å². The van der Waals surface area contributed by atoms with Gasteiger partial charge in [0, 0.05) is 11.9 Å². The van der Waals surface area contributed by atoms with Crippen molar-refractivity contribution in [2.24, 2.45) is 0 Å². The molecule has 27 heavy (non-hydrogen) atoms. The molecule has 3 rings (SSSR count). The van der Waals surface area contributed by atoms with E-state index in [2.05, 4.69) is 10.3 Å². The quantitative estimate of drug-likeness (QED) is 0.568. The van der Waals surface area contributed by atoms with E-state index in [9.17, 15) is 13.2 Å². The van der Waals surface area contributed by atoms with Crippen molar-refractivity contribution < 1.29 is 13.2 Å². The molecule has 0 fully saturated rings. The third-order valence-electron chi connectivity index (χ3n) is 3.56. The van der Waals surface area contributed by atoms with Crippen molar-refractivity contribution >= 4 is 66.8 Å². The van der Waals surface area contributed by atoms with Gasteiger partial charge in [-0.2, -0.15) is 0 Å². The van der Waals surface area contributed by atoms with Gasteiger partial charge >= 0.3 is 0 Å². The number of halogens is 2. The van der Waals surface area contributed by atoms with Gasteiger partial charge in [0.05, 0.1) is 20.5 Å². The van der Waals surface area contributed by atoms with E-state index in [-0.39, 0.29) is 31.2 Å². The molecule has 140 valence electrons. The van der Waals surface area contributed by atoms with Crippen LogP contribution in [-0.2, 0) is 9.84 Å². The molecule has 0 saturated heterocycles. The summed E-state index contributed by atoms with van der Waals surface area (Å²) < 4.78 is 23.4. The molecule has 3 N–H and O–H groups in total. The largest absolute Gasteiger partial charge is 0.382 e. The number of nitrogens with one attached hydrogen (secondary N) is 1. The van der Waals surface area contributed by atoms with Crippen LogP contribution in [0.3, 0.4) is 0 Å². The van der Waals surface area contributed by atoms with Crippen LogP contribution in [0.25, 0.3) is 0 Å². The van der Waals surface area contributed by atoms with Gasteiger partial charge in [-0.3, -0.25) is 4.79 Å². The highest BCUT2D eigenvalue weighted by atomic mass is 35.5. The third-order valence-corrected chi connectivity index (χ3v) is 6.29. The molecule has 0 spiro atoms. The number of nitrogens with two attached hydrogens (primary N) is 1. The monoisotopic (exact) mass is 441 g/mol. The first-order valence-electron chi connectivity index (χ1n) is 7.49. The Morgan fingerprint density at radius 1 is 1.15 bits per heavy atom. The molecular weight excluding hydrogens is 429 g/mol. The Morgan fingerprint density at radius 3 is 2.41 bits per heavy atom. The molecule has 1 heterocycles. The molecule has 10 heteroatoms. The van der Waals surface area contributed by atoms with Gasteiger partial charge in [0.25, 0.3) is 0 Å². The van der Waals surface area contributed by atoms with Crippen molar-refractivity contribution in [3.63, 3.8) is 0 Å². The molecule has 3 aromatic rings. The number of benzene rings is 2. The molecule has 0 atom stereocenters. The highest BCUT2D eigenvalue weighted by molar-refractivity contribution is 7.90. The van der Waals surface area contributed by atoms with Crippen LogP contribution in [0.2, 0.25) is 10.0 Å². The van der Waals surface area contributed by atoms with E-state index in [0.717, 1.165) is 17.6 Å². The number of hydrogen-bond acceptors (Lipinski definition) is 7. The van der Waals surface area contributed by atoms with Gasteiger partial charge in [0.2, 0.25) is 5.78 Å². The smallest absolute Gasteiger partial charge is 0.209 e. The highest BCUT2D eigenvalue weighted by Crippen LogP contribution is 2.34. The number of carbonyl (C=O) groups is 1. The number of anilines is 3. The lowest BCUT2D eigenvalue weighted by Gasteiger charge is -2.05. The number of sulfone groups is 1. The molecule has 2 aromatic carbocycles. The number of thiazole rings is 1. The van der Waals surface area contributed by atoms with E-state index < -0.39 is 15.6 Å². The minimum atomic E-state index is -3.34. The Kier molecular flexibility index (Phi) is 5.43. The van der Waals surface area contributed by atoms with Crippen LogP contribution in [-0.4, -0.2) is 25.4 Å². The molecule has 0 bridgehead atoms. The molecule has 0 unspecified atom stereocenters. The number of rotatable bonds is 5. The first-order chi connectivity index (χ1) is 12.7. The SMILES string of the molecule is CS(=O)(=O)c1cccc(Nc2nc(N)c(C(=O)c3c(Cl)cccc3Cl)s2)c1. The lowest BCUT2D eigenvalue weighted by atomic mass is 10.1. The van der Waals surface area contributed by atoms with Crippen molar-refractivity contribution in [1.82, 2.24) is 4.98 Å². The summed E-state index contributed by atoms with van der Waals surface area (Å²) in [4.78, 5) is 17.3. The summed E-state index contributed by atoms with van der Waals surface area (Å²) in [6, 6.07) is 11.0. The second kappa shape index (κ2) is 7.47. The van der Waals surface area contributed by atoms with E-state index in [4.69, 9.17) is 28.9 Å². The standard InChI is InChI=1S/C17H13Cl2N3O3S2/c1-27(24,25)10-5-2-4-9(8-10)21-17-22-16(20)15(26-17)14(23)13-11(18)6-3-7-12(13)19/h2-8H,20H2,1H3,(H,21,22). The maximum absolute atomic E-state index is 12.8. The molecule has 0 aliphatic carbocycles. The molecule has 6 nitrogen and oxygen atoms in total. The van der Waals surface area contributed by atoms with E-state index in [0.29, 0.717) is 10.8 Å². The highest BCUT2D eigenvalue weighted by Gasteiger charge is 2.22. The van der Waals surface area contributed by atoms with Crippen molar-refractivity contribution in [2.45, 2.75) is 4.90 Å². The number of ketones is 1. The summed E-state index contributed by atoms with van der Waals surface area (Å²) in [7, 11) is -3.34. The van der Waals surface area contributed by atoms with Crippen LogP contribution >= 0.6 is 34.5 Å². The third kappa shape index (κ3) is 4.24. The van der Waals surface area contributed by atoms with Crippen LogP contribution in [0.4, 0.5) is 16.6 Å². The van der Waals surface area contributed by atoms with Gasteiger partial charge < -0.3 is 11.1 Å². The molecule has 0 aliphatic heterocycles. The predicted molar refractivity (Wildman–Crippen MR) is 109 cm³/mol. The molecule has 0 aliphatic rings. The predicted octanol–water partition coefficient (Wildman–Crippen LogP) is 4.41. The van der Waals surface area contributed by atoms with Gasteiger partial charge in [-0.1, -0.05) is 46.7 Å². The molecule has 0 radical (unpaired) electrons. The van der Waals surface area contributed by atoms with Crippen LogP contribution in [0.5, 0.6) is 0 Å². The van der Waals surface area contributed by atoms with Gasteiger partial charge in [-0.05, 0) is 30.3 Å². The Morgan fingerprint density at radius 2 is 1.78 bits per heavy atom. The Hall–Kier alpha value is -2.13. The van der Waals surface area contributed by atoms with Gasteiger partial charge in [0.15, 0.2) is 15.0 Å². The lowest BCUT2D eigenvalue weighted by Crippen LogP contribution is -2.04. The summed E-state index contributed by atoms with van der Waals surface area (Å²) in [6.07, 6.45) is 1.12. The second-order valence-electron chi connectivity index (χ2n) is 5.58. The maximum atomic E-state index is 12.8. The number of nitrogen functional groups attached to an aromatic ring is 1. The summed E-state index contributed by atoms with van der Waals surface area (Å²) in [5, 5.41) is 3.73. The van der Waals surface area contributed by atoms with E-state index >= 15 is 0 Å². The average Bonchev–Trinajstić information content (AvgIpc) is 2.94. The van der Waals surface area contributed by atoms with Crippen LogP contribution in [0.1, 0.15) is 15.2 Å². The summed E-state index contributed by atoms with van der Waals surface area (Å²) in [6.45, 7) is 0. The number of carbonyl (C=O) groups excluding carboxylic acids is 1. The zero-order valence-electron chi connectivity index (χ0n) is 13.9. The van der Waals surface area contributed by atoms with Gasteiger partial charge in [-0.25, -0.2) is 13.4 Å². The number of aromatic nitrogens is 1. The van der Waals surface area contributed by atoms with Crippen LogP contribution in [0.15, 0.2) is 47.4 Å². The average molecular weight is 442 g/mol. The Labute approximate surface area is 169 Å². The van der Waals surface area contributed by atoms with E-state index in [1.807, 2.05) is 0 Å². The number of nitrogens with zero attached hydrogens (tertiary/aromatic N) is 1. The normalized spacial score (nSPS) is 11.4. The molecule has 1 aromatic heterocycles. The molecular formula is C17H13Cl2N3O3S2. The fourth-order valence-electron chi connectivity index (χ4n) is 2.30. The first kappa shape index (κ1) is 19.6. The summed E-state index contributed by atoms with van der Waals surface area (Å²) in [5.74, 6) is -0.402. The second-order valence-corrected chi connectivity index (χ2v) is 9.41. The van der Waals surface area contributed by atoms with Crippen molar-refractivity contribution in [1.29, 1.82) is 0 Å². The lowest BCUT2D eigenvalue weighted by molar-refractivity contribution is 0.104. The fraction of sp³-hybridized carbons (Fsp3) is 0.0588. The van der Waals surface area contributed by atoms with Crippen molar-refractivity contribution in [3.05, 3.63) is 63.0 Å². The topological polar surface area (TPSA) is 102 Å². The Bertz CT molecular complexity index is 1120. The minimum Gasteiger partial charge on any atom is -0.382 e. The molecule has 0 saturated carbocycles. The molecule has 0 amide bonds. The Balaban J connectivity index is 1.93. The van der Waals surface area contributed by atoms with Crippen LogP contribution in [0, 0.1) is 0 Å².